The van der Waals surface area contributed by atoms with E-state index in [0.29, 0.717) is 17.8 Å². The van der Waals surface area contributed by atoms with E-state index in [1.165, 1.54) is 13.2 Å². The van der Waals surface area contributed by atoms with E-state index in [0.717, 1.165) is 11.1 Å². The van der Waals surface area contributed by atoms with Crippen molar-refractivity contribution in [2.24, 2.45) is 0 Å². The van der Waals surface area contributed by atoms with Crippen LogP contribution in [0, 0.1) is 0 Å². The Labute approximate surface area is 141 Å². The lowest BCUT2D eigenvalue weighted by molar-refractivity contribution is 0.0593. The molecule has 0 fully saturated rings. The Balaban J connectivity index is 2.28. The summed E-state index contributed by atoms with van der Waals surface area (Å²) in [5.41, 5.74) is 8.46. The van der Waals surface area contributed by atoms with Gasteiger partial charge in [0, 0.05) is 12.0 Å². The van der Waals surface area contributed by atoms with Gasteiger partial charge in [-0.1, -0.05) is 61.7 Å². The highest BCUT2D eigenvalue weighted by Crippen LogP contribution is 2.17. The van der Waals surface area contributed by atoms with Gasteiger partial charge in [-0.25, -0.2) is 14.8 Å². The summed E-state index contributed by atoms with van der Waals surface area (Å²) < 4.78 is 4.73. The number of anilines is 1. The van der Waals surface area contributed by atoms with Crippen LogP contribution in [0.5, 0.6) is 0 Å². The van der Waals surface area contributed by atoms with Crippen LogP contribution in [-0.4, -0.2) is 23.0 Å². The molecule has 2 N–H and O–H groups in total. The number of aromatic nitrogens is 2. The summed E-state index contributed by atoms with van der Waals surface area (Å²) >= 11 is 0. The first-order valence-electron chi connectivity index (χ1n) is 7.35. The van der Waals surface area contributed by atoms with Gasteiger partial charge in [-0.3, -0.25) is 0 Å². The molecular formula is C19H19N3O2. The predicted molar refractivity (Wildman–Crippen MR) is 97.1 cm³/mol. The maximum atomic E-state index is 11.8. The lowest BCUT2D eigenvalue weighted by Crippen LogP contribution is -2.13. The minimum absolute atomic E-state index is 0.120. The zero-order valence-corrected chi connectivity index (χ0v) is 13.5. The van der Waals surface area contributed by atoms with E-state index in [4.69, 9.17) is 10.5 Å². The number of allylic oxidation sites excluding steroid dienone is 1. The number of benzene rings is 1. The molecule has 1 heterocycles. The van der Waals surface area contributed by atoms with Gasteiger partial charge in [0.2, 0.25) is 0 Å². The molecule has 0 bridgehead atoms. The highest BCUT2D eigenvalue weighted by Gasteiger charge is 2.16. The van der Waals surface area contributed by atoms with E-state index in [2.05, 4.69) is 23.1 Å². The van der Waals surface area contributed by atoms with Crippen LogP contribution in [-0.2, 0) is 11.2 Å². The molecule has 1 aromatic carbocycles. The minimum atomic E-state index is -0.568. The van der Waals surface area contributed by atoms with E-state index < -0.39 is 5.97 Å². The highest BCUT2D eigenvalue weighted by atomic mass is 16.5. The van der Waals surface area contributed by atoms with Crippen LogP contribution >= 0.6 is 0 Å². The van der Waals surface area contributed by atoms with Gasteiger partial charge in [0.15, 0.2) is 5.69 Å². The lowest BCUT2D eigenvalue weighted by Gasteiger charge is -2.08. The van der Waals surface area contributed by atoms with E-state index in [-0.39, 0.29) is 11.5 Å². The summed E-state index contributed by atoms with van der Waals surface area (Å²) in [7, 11) is 1.29. The summed E-state index contributed by atoms with van der Waals surface area (Å²) in [6.45, 7) is 7.42. The third kappa shape index (κ3) is 3.76. The second-order valence-electron chi connectivity index (χ2n) is 4.92. The van der Waals surface area contributed by atoms with Gasteiger partial charge < -0.3 is 10.5 Å². The molecule has 24 heavy (non-hydrogen) atoms. The molecule has 0 amide bonds. The molecule has 0 aliphatic carbocycles. The van der Waals surface area contributed by atoms with Crippen LogP contribution in [0.3, 0.4) is 0 Å². The predicted octanol–water partition coefficient (Wildman–Crippen LogP) is 3.39. The number of nitrogens with two attached hydrogens (primary N) is 1. The van der Waals surface area contributed by atoms with Gasteiger partial charge in [-0.05, 0) is 11.1 Å². The minimum Gasteiger partial charge on any atom is -0.464 e. The average molecular weight is 321 g/mol. The van der Waals surface area contributed by atoms with Crippen LogP contribution < -0.4 is 5.73 Å². The van der Waals surface area contributed by atoms with Gasteiger partial charge in [-0.2, -0.15) is 0 Å². The molecule has 1 aromatic heterocycles. The largest absolute Gasteiger partial charge is 0.464 e. The lowest BCUT2D eigenvalue weighted by atomic mass is 10.1. The average Bonchev–Trinajstić information content (AvgIpc) is 2.61. The third-order valence-electron chi connectivity index (χ3n) is 3.42. The van der Waals surface area contributed by atoms with Crippen LogP contribution in [0.1, 0.15) is 33.0 Å². The summed E-state index contributed by atoms with van der Waals surface area (Å²) in [5, 5.41) is 0. The number of hydrogen-bond donors (Lipinski definition) is 1. The van der Waals surface area contributed by atoms with E-state index >= 15 is 0 Å². The van der Waals surface area contributed by atoms with Crippen molar-refractivity contribution in [1.82, 2.24) is 9.97 Å². The SMILES string of the molecule is C=Cc1ccccc1C=CCc1nc(N)c(C=C)c(C(=O)OC)n1. The van der Waals surface area contributed by atoms with E-state index in [1.54, 1.807) is 6.08 Å². The fourth-order valence-electron chi connectivity index (χ4n) is 2.22. The molecule has 0 radical (unpaired) electrons. The first-order chi connectivity index (χ1) is 11.6. The van der Waals surface area contributed by atoms with Crippen molar-refractivity contribution in [3.63, 3.8) is 0 Å². The molecule has 0 unspecified atom stereocenters. The number of carbonyl (C=O) groups excluding carboxylic acids is 1. The Bertz CT molecular complexity index is 810. The zero-order chi connectivity index (χ0) is 17.5. The Morgan fingerprint density at radius 2 is 1.92 bits per heavy atom. The normalized spacial score (nSPS) is 10.5. The highest BCUT2D eigenvalue weighted by molar-refractivity contribution is 5.93. The molecule has 0 spiro atoms. The summed E-state index contributed by atoms with van der Waals surface area (Å²) in [6, 6.07) is 7.88. The smallest absolute Gasteiger partial charge is 0.357 e. The maximum Gasteiger partial charge on any atom is 0.357 e. The number of nitrogens with zero attached hydrogens (tertiary/aromatic N) is 2. The molecule has 2 rings (SSSR count). The van der Waals surface area contributed by atoms with Crippen molar-refractivity contribution in [1.29, 1.82) is 0 Å². The number of esters is 1. The molecule has 0 aliphatic rings. The van der Waals surface area contributed by atoms with Crippen LogP contribution in [0.25, 0.3) is 18.2 Å². The first kappa shape index (κ1) is 17.1. The number of carbonyl (C=O) groups is 1. The molecule has 5 nitrogen and oxygen atoms in total. The van der Waals surface area contributed by atoms with E-state index in [9.17, 15) is 4.79 Å². The number of hydrogen-bond acceptors (Lipinski definition) is 5. The fraction of sp³-hybridized carbons (Fsp3) is 0.105. The van der Waals surface area contributed by atoms with Gasteiger partial charge in [0.25, 0.3) is 0 Å². The Hall–Kier alpha value is -3.21. The summed E-state index contributed by atoms with van der Waals surface area (Å²) in [6.07, 6.45) is 7.53. The molecule has 0 atom stereocenters. The standard InChI is InChI=1S/C19H19N3O2/c1-4-13-9-6-7-10-14(13)11-8-12-16-21-17(19(23)24-3)15(5-2)18(20)22-16/h4-11H,1-2,12H2,3H3,(H2,20,21,22). The van der Waals surface area contributed by atoms with Crippen molar-refractivity contribution in [3.8, 4) is 0 Å². The number of methoxy groups -OCH3 is 1. The number of rotatable bonds is 6. The van der Waals surface area contributed by atoms with Crippen molar-refractivity contribution < 1.29 is 9.53 Å². The Kier molecular flexibility index (Phi) is 5.63. The van der Waals surface area contributed by atoms with Gasteiger partial charge in [0.05, 0.1) is 7.11 Å². The third-order valence-corrected chi connectivity index (χ3v) is 3.42. The second-order valence-corrected chi connectivity index (χ2v) is 4.92. The maximum absolute atomic E-state index is 11.8. The number of nitrogen functional groups attached to an aromatic ring is 1. The van der Waals surface area contributed by atoms with Crippen molar-refractivity contribution >= 4 is 30.0 Å². The molecular weight excluding hydrogens is 302 g/mol. The van der Waals surface area contributed by atoms with E-state index in [1.807, 2.05) is 36.4 Å². The Morgan fingerprint density at radius 1 is 1.21 bits per heavy atom. The van der Waals surface area contributed by atoms with Crippen LogP contribution in [0.2, 0.25) is 0 Å². The second kappa shape index (κ2) is 7.87. The fourth-order valence-corrected chi connectivity index (χ4v) is 2.22. The number of ether oxygens (including phenoxy) is 1. The van der Waals surface area contributed by atoms with Gasteiger partial charge in [-0.15, -0.1) is 0 Å². The molecule has 0 aliphatic heterocycles. The summed E-state index contributed by atoms with van der Waals surface area (Å²) in [5.74, 6) is 0.0716. The monoisotopic (exact) mass is 321 g/mol. The topological polar surface area (TPSA) is 78.1 Å². The molecule has 5 heteroatoms. The van der Waals surface area contributed by atoms with Crippen molar-refractivity contribution in [2.45, 2.75) is 6.42 Å². The molecule has 0 saturated carbocycles. The zero-order valence-electron chi connectivity index (χ0n) is 13.5. The van der Waals surface area contributed by atoms with Gasteiger partial charge in [0.1, 0.15) is 11.6 Å². The van der Waals surface area contributed by atoms with Crippen molar-refractivity contribution in [2.75, 3.05) is 12.8 Å². The van der Waals surface area contributed by atoms with Crippen LogP contribution in [0.15, 0.2) is 43.5 Å². The Morgan fingerprint density at radius 3 is 2.54 bits per heavy atom. The van der Waals surface area contributed by atoms with Crippen molar-refractivity contribution in [3.05, 3.63) is 71.7 Å². The van der Waals surface area contributed by atoms with Crippen LogP contribution in [0.4, 0.5) is 5.82 Å². The van der Waals surface area contributed by atoms with Gasteiger partial charge >= 0.3 is 5.97 Å². The molecule has 0 saturated heterocycles. The molecule has 2 aromatic rings. The first-order valence-corrected chi connectivity index (χ1v) is 7.35. The molecule has 122 valence electrons. The quantitative estimate of drug-likeness (QED) is 0.825. The summed E-state index contributed by atoms with van der Waals surface area (Å²) in [4.78, 5) is 20.3.